The van der Waals surface area contributed by atoms with Crippen LogP contribution in [0.25, 0.3) is 11.0 Å². The average Bonchev–Trinajstić information content (AvgIpc) is 2.44. The minimum atomic E-state index is -2.46. The molecule has 0 saturated carbocycles. The molecule has 1 N–H and O–H groups in total. The number of rotatable bonds is 1. The lowest BCUT2D eigenvalue weighted by molar-refractivity contribution is 0.622. The molecule has 1 heterocycles. The molecule has 0 amide bonds. The summed E-state index contributed by atoms with van der Waals surface area (Å²) in [6, 6.07) is 7.23. The average molecular weight is 195 g/mol. The Hall–Kier alpha value is -1.69. The Morgan fingerprint density at radius 2 is 2.08 bits per heavy atom. The lowest BCUT2D eigenvalue weighted by atomic mass is 10.3. The molecule has 0 saturated heterocycles. The summed E-state index contributed by atoms with van der Waals surface area (Å²) in [6.45, 7) is 0. The number of para-hydroxylation sites is 2. The van der Waals surface area contributed by atoms with Crippen molar-refractivity contribution < 1.29 is 8.42 Å². The Morgan fingerprint density at radius 1 is 1.31 bits per heavy atom. The Balaban J connectivity index is 2.69. The van der Waals surface area contributed by atoms with Gasteiger partial charge < -0.3 is 4.98 Å². The van der Waals surface area contributed by atoms with Crippen LogP contribution in [-0.2, 0) is 10.5 Å². The quantitative estimate of drug-likeness (QED) is 0.744. The molecule has 0 spiro atoms. The lowest BCUT2D eigenvalue weighted by Gasteiger charge is -1.81. The largest absolute Gasteiger partial charge is 0.321 e. The number of hydrogen-bond donors (Lipinski definition) is 1. The van der Waals surface area contributed by atoms with Crippen molar-refractivity contribution in [1.29, 1.82) is 0 Å². The first-order valence-electron chi connectivity index (χ1n) is 3.51. The zero-order valence-electron chi connectivity index (χ0n) is 6.43. The second kappa shape index (κ2) is 2.98. The van der Waals surface area contributed by atoms with Crippen molar-refractivity contribution in [3.8, 4) is 0 Å². The van der Waals surface area contributed by atoms with E-state index in [4.69, 9.17) is 0 Å². The highest BCUT2D eigenvalue weighted by molar-refractivity contribution is 7.61. The van der Waals surface area contributed by atoms with Gasteiger partial charge in [-0.05, 0) is 12.1 Å². The van der Waals surface area contributed by atoms with Gasteiger partial charge in [0.2, 0.25) is 5.95 Å². The highest BCUT2D eigenvalue weighted by Gasteiger charge is 1.98. The smallest absolute Gasteiger partial charge is 0.319 e. The summed E-state index contributed by atoms with van der Waals surface area (Å²) in [4.78, 5) is 6.69. The van der Waals surface area contributed by atoms with Crippen molar-refractivity contribution >= 4 is 27.5 Å². The number of imidazole rings is 1. The summed E-state index contributed by atoms with van der Waals surface area (Å²) in [6.07, 6.45) is 0. The SMILES string of the molecule is O=S(=O)=Nc1nc2ccccc2[nH]1. The maximum absolute atomic E-state index is 10.2. The summed E-state index contributed by atoms with van der Waals surface area (Å²) >= 11 is 0. The first-order chi connectivity index (χ1) is 6.25. The van der Waals surface area contributed by atoms with Gasteiger partial charge in [-0.2, -0.15) is 8.42 Å². The van der Waals surface area contributed by atoms with Crippen molar-refractivity contribution in [2.45, 2.75) is 0 Å². The summed E-state index contributed by atoms with van der Waals surface area (Å²) in [5.41, 5.74) is 1.47. The normalized spacial score (nSPS) is 10.2. The number of fused-ring (bicyclic) bond motifs is 1. The zero-order chi connectivity index (χ0) is 9.26. The summed E-state index contributed by atoms with van der Waals surface area (Å²) in [5, 5.41) is 0. The van der Waals surface area contributed by atoms with Gasteiger partial charge >= 0.3 is 10.5 Å². The molecule has 2 aromatic rings. The van der Waals surface area contributed by atoms with Gasteiger partial charge in [0.05, 0.1) is 11.0 Å². The molecule has 0 radical (unpaired) electrons. The van der Waals surface area contributed by atoms with Crippen LogP contribution in [0.1, 0.15) is 0 Å². The van der Waals surface area contributed by atoms with Crippen molar-refractivity contribution in [3.05, 3.63) is 24.3 Å². The minimum Gasteiger partial charge on any atom is -0.321 e. The van der Waals surface area contributed by atoms with Crippen LogP contribution in [-0.4, -0.2) is 18.4 Å². The Bertz CT molecular complexity index is 529. The molecule has 5 nitrogen and oxygen atoms in total. The molecule has 0 aliphatic carbocycles. The molecular weight excluding hydrogens is 190 g/mol. The molecule has 0 aliphatic heterocycles. The zero-order valence-corrected chi connectivity index (χ0v) is 7.25. The Labute approximate surface area is 75.1 Å². The molecule has 1 aromatic heterocycles. The van der Waals surface area contributed by atoms with E-state index in [9.17, 15) is 8.42 Å². The van der Waals surface area contributed by atoms with Gasteiger partial charge in [0.15, 0.2) is 0 Å². The molecule has 0 bridgehead atoms. The second-order valence-corrected chi connectivity index (χ2v) is 3.00. The fourth-order valence-corrected chi connectivity index (χ4v) is 1.28. The van der Waals surface area contributed by atoms with Gasteiger partial charge in [0.25, 0.3) is 0 Å². The van der Waals surface area contributed by atoms with Gasteiger partial charge in [-0.1, -0.05) is 16.5 Å². The molecule has 2 rings (SSSR count). The van der Waals surface area contributed by atoms with E-state index in [-0.39, 0.29) is 5.95 Å². The number of aromatic nitrogens is 2. The van der Waals surface area contributed by atoms with E-state index in [1.165, 1.54) is 0 Å². The van der Waals surface area contributed by atoms with E-state index in [1.807, 2.05) is 12.1 Å². The highest BCUT2D eigenvalue weighted by Crippen LogP contribution is 2.14. The molecule has 1 aromatic carbocycles. The van der Waals surface area contributed by atoms with Gasteiger partial charge in [-0.15, -0.1) is 0 Å². The second-order valence-electron chi connectivity index (χ2n) is 2.39. The third kappa shape index (κ3) is 1.57. The number of hydrogen-bond acceptors (Lipinski definition) is 4. The Kier molecular flexibility index (Phi) is 1.82. The van der Waals surface area contributed by atoms with Crippen LogP contribution in [0.2, 0.25) is 0 Å². The van der Waals surface area contributed by atoms with E-state index in [0.29, 0.717) is 5.52 Å². The predicted molar refractivity (Wildman–Crippen MR) is 47.1 cm³/mol. The van der Waals surface area contributed by atoms with Gasteiger partial charge in [-0.25, -0.2) is 4.98 Å². The van der Waals surface area contributed by atoms with Crippen LogP contribution in [0.3, 0.4) is 0 Å². The van der Waals surface area contributed by atoms with E-state index in [1.54, 1.807) is 12.1 Å². The van der Waals surface area contributed by atoms with Crippen molar-refractivity contribution in [3.63, 3.8) is 0 Å². The molecule has 13 heavy (non-hydrogen) atoms. The molecular formula is C7H5N3O2S. The van der Waals surface area contributed by atoms with Crippen LogP contribution in [0.5, 0.6) is 0 Å². The van der Waals surface area contributed by atoms with Gasteiger partial charge in [0.1, 0.15) is 0 Å². The lowest BCUT2D eigenvalue weighted by Crippen LogP contribution is -1.64. The standard InChI is InChI=1S/C7H5N3O2S/c11-13(12)10-7-8-5-3-1-2-4-6(5)9-7/h1-4H,(H,8,9). The van der Waals surface area contributed by atoms with Gasteiger partial charge in [0, 0.05) is 0 Å². The topological polar surface area (TPSA) is 75.2 Å². The summed E-state index contributed by atoms with van der Waals surface area (Å²) < 4.78 is 23.7. The van der Waals surface area contributed by atoms with Crippen molar-refractivity contribution in [1.82, 2.24) is 9.97 Å². The molecule has 66 valence electrons. The van der Waals surface area contributed by atoms with Crippen molar-refractivity contribution in [2.24, 2.45) is 4.36 Å². The van der Waals surface area contributed by atoms with E-state index in [0.717, 1.165) is 5.52 Å². The maximum atomic E-state index is 10.2. The monoisotopic (exact) mass is 195 g/mol. The van der Waals surface area contributed by atoms with Crippen LogP contribution in [0, 0.1) is 0 Å². The fraction of sp³-hybridized carbons (Fsp3) is 0. The van der Waals surface area contributed by atoms with Crippen LogP contribution < -0.4 is 0 Å². The highest BCUT2D eigenvalue weighted by atomic mass is 32.2. The van der Waals surface area contributed by atoms with E-state index in [2.05, 4.69) is 14.3 Å². The summed E-state index contributed by atoms with van der Waals surface area (Å²) in [7, 11) is -2.46. The van der Waals surface area contributed by atoms with E-state index < -0.39 is 10.5 Å². The number of H-pyrrole nitrogens is 1. The number of nitrogens with one attached hydrogen (secondary N) is 1. The van der Waals surface area contributed by atoms with E-state index >= 15 is 0 Å². The number of benzene rings is 1. The van der Waals surface area contributed by atoms with Crippen LogP contribution >= 0.6 is 0 Å². The summed E-state index contributed by atoms with van der Waals surface area (Å²) in [5.74, 6) is 0.106. The number of nitrogens with zero attached hydrogens (tertiary/aromatic N) is 2. The maximum Gasteiger partial charge on any atom is 0.319 e. The molecule has 0 aliphatic rings. The predicted octanol–water partition coefficient (Wildman–Crippen LogP) is 1.26. The molecule has 0 fully saturated rings. The number of aromatic amines is 1. The van der Waals surface area contributed by atoms with Crippen molar-refractivity contribution in [2.75, 3.05) is 0 Å². The first kappa shape index (κ1) is 7.93. The third-order valence-electron chi connectivity index (χ3n) is 1.54. The van der Waals surface area contributed by atoms with Crippen LogP contribution in [0.4, 0.5) is 5.95 Å². The Morgan fingerprint density at radius 3 is 2.77 bits per heavy atom. The molecule has 0 atom stereocenters. The van der Waals surface area contributed by atoms with Crippen LogP contribution in [0.15, 0.2) is 28.6 Å². The molecule has 0 unspecified atom stereocenters. The first-order valence-corrected chi connectivity index (χ1v) is 4.55. The fourth-order valence-electron chi connectivity index (χ4n) is 1.05. The third-order valence-corrected chi connectivity index (χ3v) is 1.86. The van der Waals surface area contributed by atoms with Gasteiger partial charge in [-0.3, -0.25) is 0 Å². The molecule has 6 heteroatoms. The minimum absolute atomic E-state index is 0.106.